The molecule has 0 aliphatic carbocycles. The van der Waals surface area contributed by atoms with Crippen molar-refractivity contribution in [1.82, 2.24) is 0 Å². The Morgan fingerprint density at radius 3 is 0.676 bits per heavy atom. The summed E-state index contributed by atoms with van der Waals surface area (Å²) in [4.78, 5) is 38.3. The maximum atomic E-state index is 12.9. The maximum Gasteiger partial charge on any atom is 0.306 e. The van der Waals surface area contributed by atoms with E-state index < -0.39 is 6.10 Å². The molecule has 438 valence electrons. The van der Waals surface area contributed by atoms with Gasteiger partial charge in [-0.1, -0.05) is 335 Å². The first-order valence-corrected chi connectivity index (χ1v) is 33.7. The smallest absolute Gasteiger partial charge is 0.306 e. The number of allylic oxidation sites excluding steroid dienone is 2. The summed E-state index contributed by atoms with van der Waals surface area (Å²) in [7, 11) is 0. The van der Waals surface area contributed by atoms with Crippen LogP contribution in [0.3, 0.4) is 0 Å². The van der Waals surface area contributed by atoms with Crippen molar-refractivity contribution >= 4 is 17.9 Å². The summed E-state index contributed by atoms with van der Waals surface area (Å²) in [5, 5.41) is 0. The molecule has 0 aliphatic heterocycles. The van der Waals surface area contributed by atoms with Crippen molar-refractivity contribution in [3.63, 3.8) is 0 Å². The largest absolute Gasteiger partial charge is 0.462 e. The Hall–Kier alpha value is -1.85. The summed E-state index contributed by atoms with van der Waals surface area (Å²) >= 11 is 0. The lowest BCUT2D eigenvalue weighted by atomic mass is 10.0. The van der Waals surface area contributed by atoms with Gasteiger partial charge in [0.1, 0.15) is 13.2 Å². The van der Waals surface area contributed by atoms with E-state index in [1.165, 1.54) is 283 Å². The average molecular weight is 1040 g/mol. The molecule has 0 rings (SSSR count). The number of carbonyl (C=O) groups excluding carboxylic acids is 3. The lowest BCUT2D eigenvalue weighted by Gasteiger charge is -2.18. The SMILES string of the molecule is CCCCCCCCC/C=C\CCCCCCCC(=O)OC(COC(=O)CCCCCCCCCCCCCCCCCC)COC(=O)CCCCCCCCCCCCCCCCCCCCCCCCCC. The summed E-state index contributed by atoms with van der Waals surface area (Å²) in [5.74, 6) is -0.842. The van der Waals surface area contributed by atoms with Crippen LogP contribution >= 0.6 is 0 Å². The molecule has 0 radical (unpaired) electrons. The van der Waals surface area contributed by atoms with Gasteiger partial charge in [0.15, 0.2) is 6.10 Å². The number of hydrogen-bond donors (Lipinski definition) is 0. The predicted octanol–water partition coefficient (Wildman–Crippen LogP) is 22.8. The molecule has 0 aromatic carbocycles. The number of esters is 3. The fraction of sp³-hybridized carbons (Fsp3) is 0.926. The molecule has 0 N–H and O–H groups in total. The van der Waals surface area contributed by atoms with Crippen LogP contribution in [0.25, 0.3) is 0 Å². The van der Waals surface area contributed by atoms with Crippen LogP contribution in [0.5, 0.6) is 0 Å². The number of ether oxygens (including phenoxy) is 3. The molecule has 0 aromatic rings. The van der Waals surface area contributed by atoms with E-state index in [-0.39, 0.29) is 31.1 Å². The Balaban J connectivity index is 4.24. The highest BCUT2D eigenvalue weighted by molar-refractivity contribution is 5.71. The van der Waals surface area contributed by atoms with Gasteiger partial charge in [-0.15, -0.1) is 0 Å². The maximum absolute atomic E-state index is 12.9. The first-order chi connectivity index (χ1) is 36.5. The third kappa shape index (κ3) is 61.0. The van der Waals surface area contributed by atoms with Gasteiger partial charge in [0.2, 0.25) is 0 Å². The molecule has 74 heavy (non-hydrogen) atoms. The van der Waals surface area contributed by atoms with E-state index in [0.29, 0.717) is 19.3 Å². The molecular formula is C68H130O6. The number of unbranched alkanes of at least 4 members (excludes halogenated alkanes) is 50. The Morgan fingerprint density at radius 2 is 0.446 bits per heavy atom. The molecule has 0 amide bonds. The van der Waals surface area contributed by atoms with Crippen LogP contribution in [0.15, 0.2) is 12.2 Å². The number of hydrogen-bond acceptors (Lipinski definition) is 6. The fourth-order valence-electron chi connectivity index (χ4n) is 10.4. The fourth-order valence-corrected chi connectivity index (χ4v) is 10.4. The third-order valence-electron chi connectivity index (χ3n) is 15.5. The Bertz CT molecular complexity index is 1150. The van der Waals surface area contributed by atoms with Crippen LogP contribution in [0.2, 0.25) is 0 Å². The standard InChI is InChI=1S/C68H130O6/c1-4-7-10-13-16-19-22-25-28-31-32-33-34-35-36-37-38-41-43-46-49-52-55-58-61-67(70)73-64-65(74-68(71)62-59-56-53-50-47-44-40-30-27-24-21-18-15-12-9-6-3)63-72-66(69)60-57-54-51-48-45-42-39-29-26-23-20-17-14-11-8-5-2/h30,40,65H,4-29,31-39,41-64H2,1-3H3/b40-30-. The van der Waals surface area contributed by atoms with E-state index >= 15 is 0 Å². The normalized spacial score (nSPS) is 12.0. The van der Waals surface area contributed by atoms with Crippen molar-refractivity contribution in [2.75, 3.05) is 13.2 Å². The summed E-state index contributed by atoms with van der Waals surface area (Å²) in [6.45, 7) is 6.72. The van der Waals surface area contributed by atoms with Gasteiger partial charge in [-0.05, 0) is 44.9 Å². The van der Waals surface area contributed by atoms with E-state index in [1.807, 2.05) is 0 Å². The highest BCUT2D eigenvalue weighted by Crippen LogP contribution is 2.19. The van der Waals surface area contributed by atoms with E-state index in [1.54, 1.807) is 0 Å². The Labute approximate surface area is 462 Å². The third-order valence-corrected chi connectivity index (χ3v) is 15.5. The van der Waals surface area contributed by atoms with E-state index in [2.05, 4.69) is 32.9 Å². The van der Waals surface area contributed by atoms with Crippen molar-refractivity contribution in [3.8, 4) is 0 Å². The van der Waals surface area contributed by atoms with E-state index in [4.69, 9.17) is 14.2 Å². The van der Waals surface area contributed by atoms with Crippen molar-refractivity contribution in [2.45, 2.75) is 393 Å². The molecule has 0 bridgehead atoms. The minimum absolute atomic E-state index is 0.0667. The molecule has 0 heterocycles. The molecule has 0 saturated carbocycles. The van der Waals surface area contributed by atoms with E-state index in [0.717, 1.165) is 64.2 Å². The molecule has 6 nitrogen and oxygen atoms in total. The summed E-state index contributed by atoms with van der Waals surface area (Å²) in [6.07, 6.45) is 75.1. The first kappa shape index (κ1) is 72.2. The van der Waals surface area contributed by atoms with Gasteiger partial charge in [0.05, 0.1) is 0 Å². The zero-order valence-electron chi connectivity index (χ0n) is 50.4. The topological polar surface area (TPSA) is 78.9 Å². The van der Waals surface area contributed by atoms with Crippen molar-refractivity contribution in [2.24, 2.45) is 0 Å². The highest BCUT2D eigenvalue weighted by Gasteiger charge is 2.19. The number of rotatable bonds is 63. The average Bonchev–Trinajstić information content (AvgIpc) is 3.40. The number of carbonyl (C=O) groups is 3. The zero-order valence-corrected chi connectivity index (χ0v) is 50.4. The summed E-state index contributed by atoms with van der Waals surface area (Å²) in [5.41, 5.74) is 0. The van der Waals surface area contributed by atoms with Gasteiger partial charge in [-0.3, -0.25) is 14.4 Å². The second kappa shape index (κ2) is 63.7. The first-order valence-electron chi connectivity index (χ1n) is 33.7. The van der Waals surface area contributed by atoms with Gasteiger partial charge in [-0.2, -0.15) is 0 Å². The second-order valence-electron chi connectivity index (χ2n) is 23.1. The summed E-state index contributed by atoms with van der Waals surface area (Å²) < 4.78 is 17.0. The van der Waals surface area contributed by atoms with Crippen molar-refractivity contribution in [1.29, 1.82) is 0 Å². The molecule has 0 aliphatic rings. The molecule has 0 spiro atoms. The lowest BCUT2D eigenvalue weighted by molar-refractivity contribution is -0.167. The molecule has 6 heteroatoms. The molecule has 0 saturated heterocycles. The molecule has 0 aromatic heterocycles. The molecular weight excluding hydrogens is 913 g/mol. The van der Waals surface area contributed by atoms with Gasteiger partial charge in [0, 0.05) is 19.3 Å². The minimum atomic E-state index is -0.770. The quantitative estimate of drug-likeness (QED) is 0.0261. The van der Waals surface area contributed by atoms with Crippen LogP contribution in [0.1, 0.15) is 387 Å². The Morgan fingerprint density at radius 1 is 0.257 bits per heavy atom. The lowest BCUT2D eigenvalue weighted by Crippen LogP contribution is -2.30. The minimum Gasteiger partial charge on any atom is -0.462 e. The van der Waals surface area contributed by atoms with Crippen LogP contribution < -0.4 is 0 Å². The van der Waals surface area contributed by atoms with Crippen LogP contribution in [-0.4, -0.2) is 37.2 Å². The van der Waals surface area contributed by atoms with Crippen molar-refractivity contribution < 1.29 is 28.6 Å². The van der Waals surface area contributed by atoms with Gasteiger partial charge in [0.25, 0.3) is 0 Å². The molecule has 0 fully saturated rings. The summed E-state index contributed by atoms with van der Waals surface area (Å²) in [6, 6.07) is 0. The monoisotopic (exact) mass is 1040 g/mol. The van der Waals surface area contributed by atoms with Crippen molar-refractivity contribution in [3.05, 3.63) is 12.2 Å². The highest BCUT2D eigenvalue weighted by atomic mass is 16.6. The van der Waals surface area contributed by atoms with Crippen LogP contribution in [0.4, 0.5) is 0 Å². The van der Waals surface area contributed by atoms with Gasteiger partial charge < -0.3 is 14.2 Å². The van der Waals surface area contributed by atoms with Crippen LogP contribution in [-0.2, 0) is 28.6 Å². The van der Waals surface area contributed by atoms with E-state index in [9.17, 15) is 14.4 Å². The Kier molecular flexibility index (Phi) is 62.1. The molecule has 1 unspecified atom stereocenters. The molecule has 1 atom stereocenters. The predicted molar refractivity (Wildman–Crippen MR) is 321 cm³/mol. The second-order valence-corrected chi connectivity index (χ2v) is 23.1. The van der Waals surface area contributed by atoms with Gasteiger partial charge >= 0.3 is 17.9 Å². The van der Waals surface area contributed by atoms with Gasteiger partial charge in [-0.25, -0.2) is 0 Å². The van der Waals surface area contributed by atoms with Crippen LogP contribution in [0, 0.1) is 0 Å². The zero-order chi connectivity index (χ0) is 53.6.